The molecule has 0 spiro atoms. The molecule has 1 aromatic heterocycles. The van der Waals surface area contributed by atoms with Crippen LogP contribution in [0.15, 0.2) is 55.4 Å². The number of piperidine rings is 1. The number of H-pyrrole nitrogens is 1. The van der Waals surface area contributed by atoms with Crippen LogP contribution in [0.5, 0.6) is 0 Å². The highest BCUT2D eigenvalue weighted by molar-refractivity contribution is 6.01. The topological polar surface area (TPSA) is 54.8 Å². The largest absolute Gasteiger partial charge is 0.373 e. The molecule has 2 aliphatic rings. The first-order valence-corrected chi connectivity index (χ1v) is 11.9. The average Bonchev–Trinajstić information content (AvgIpc) is 3.23. The Kier molecular flexibility index (Phi) is 5.09. The molecular formula is C29H32N4. The van der Waals surface area contributed by atoms with Gasteiger partial charge in [-0.25, -0.2) is 0 Å². The van der Waals surface area contributed by atoms with Crippen LogP contribution in [-0.2, 0) is 5.41 Å². The van der Waals surface area contributed by atoms with Crippen LogP contribution in [0.25, 0.3) is 16.5 Å². The van der Waals surface area contributed by atoms with Crippen molar-refractivity contribution >= 4 is 16.5 Å². The van der Waals surface area contributed by atoms with Gasteiger partial charge < -0.3 is 15.2 Å². The lowest BCUT2D eigenvalue weighted by Crippen LogP contribution is -2.37. The van der Waals surface area contributed by atoms with Gasteiger partial charge in [0.1, 0.15) is 0 Å². The van der Waals surface area contributed by atoms with Gasteiger partial charge in [0.25, 0.3) is 0 Å². The predicted molar refractivity (Wildman–Crippen MR) is 136 cm³/mol. The first-order chi connectivity index (χ1) is 15.8. The molecule has 2 aromatic carbocycles. The third-order valence-corrected chi connectivity index (χ3v) is 7.63. The first-order valence-electron chi connectivity index (χ1n) is 11.9. The van der Waals surface area contributed by atoms with Gasteiger partial charge in [0, 0.05) is 47.2 Å². The quantitative estimate of drug-likeness (QED) is 0.527. The summed E-state index contributed by atoms with van der Waals surface area (Å²) in [5.41, 5.74) is 8.96. The number of aromatic amines is 1. The van der Waals surface area contributed by atoms with Gasteiger partial charge in [-0.1, -0.05) is 51.3 Å². The Labute approximate surface area is 196 Å². The zero-order valence-corrected chi connectivity index (χ0v) is 19.9. The molecule has 1 saturated heterocycles. The van der Waals surface area contributed by atoms with E-state index in [4.69, 9.17) is 0 Å². The van der Waals surface area contributed by atoms with Crippen LogP contribution >= 0.6 is 0 Å². The molecule has 0 radical (unpaired) electrons. The Morgan fingerprint density at radius 3 is 2.67 bits per heavy atom. The summed E-state index contributed by atoms with van der Waals surface area (Å²) < 4.78 is 0. The van der Waals surface area contributed by atoms with Gasteiger partial charge in [-0.05, 0) is 60.1 Å². The van der Waals surface area contributed by atoms with Crippen LogP contribution in [0.2, 0.25) is 0 Å². The number of likely N-dealkylation sites (tertiary alicyclic amines) is 1. The van der Waals surface area contributed by atoms with Crippen molar-refractivity contribution in [2.24, 2.45) is 0 Å². The second-order valence-electron chi connectivity index (χ2n) is 9.89. The predicted octanol–water partition coefficient (Wildman–Crippen LogP) is 6.00. The van der Waals surface area contributed by atoms with E-state index in [1.54, 1.807) is 0 Å². The average molecular weight is 437 g/mol. The Bertz CT molecular complexity index is 1310. The zero-order chi connectivity index (χ0) is 23.3. The van der Waals surface area contributed by atoms with Crippen molar-refractivity contribution in [1.82, 2.24) is 15.2 Å². The molecule has 1 aliphatic carbocycles. The van der Waals surface area contributed by atoms with E-state index in [0.717, 1.165) is 54.8 Å². The van der Waals surface area contributed by atoms with Crippen molar-refractivity contribution in [3.63, 3.8) is 0 Å². The molecule has 0 saturated carbocycles. The number of nitrogens with zero attached hydrogens (tertiary/aromatic N) is 2. The maximum absolute atomic E-state index is 9.33. The minimum Gasteiger partial charge on any atom is -0.373 e. The fourth-order valence-electron chi connectivity index (χ4n) is 5.71. The van der Waals surface area contributed by atoms with Crippen molar-refractivity contribution in [2.75, 3.05) is 19.6 Å². The van der Waals surface area contributed by atoms with E-state index in [0.29, 0.717) is 11.5 Å². The van der Waals surface area contributed by atoms with Gasteiger partial charge >= 0.3 is 0 Å². The van der Waals surface area contributed by atoms with Gasteiger partial charge in [0.05, 0.1) is 17.5 Å². The molecule has 5 rings (SSSR count). The summed E-state index contributed by atoms with van der Waals surface area (Å²) in [7, 11) is 0. The van der Waals surface area contributed by atoms with Gasteiger partial charge in [0.15, 0.2) is 0 Å². The van der Waals surface area contributed by atoms with Crippen molar-refractivity contribution < 1.29 is 0 Å². The third kappa shape index (κ3) is 3.35. The standard InChI is InChI=1S/C29H32N4/c1-6-31-19(3)33-13-11-21(12-14-33)22-8-10-23-18(2)27-24-9-7-20(17-30)15-26(24)32-28(27)29(4,5)25(23)16-22/h7-10,15-16,21,31-32H,2-3,6,11-14H2,1,4-5H3. The molecule has 0 unspecified atom stereocenters. The highest BCUT2D eigenvalue weighted by Crippen LogP contribution is 2.49. The molecule has 0 bridgehead atoms. The second kappa shape index (κ2) is 7.85. The molecule has 0 amide bonds. The van der Waals surface area contributed by atoms with Gasteiger partial charge in [0.2, 0.25) is 0 Å². The maximum Gasteiger partial charge on any atom is 0.0992 e. The maximum atomic E-state index is 9.33. The summed E-state index contributed by atoms with van der Waals surface area (Å²) in [6, 6.07) is 15.2. The second-order valence-corrected chi connectivity index (χ2v) is 9.89. The lowest BCUT2D eigenvalue weighted by atomic mass is 9.69. The van der Waals surface area contributed by atoms with E-state index in [1.807, 2.05) is 12.1 Å². The van der Waals surface area contributed by atoms with Crippen molar-refractivity contribution in [1.29, 1.82) is 5.26 Å². The van der Waals surface area contributed by atoms with Gasteiger partial charge in [-0.3, -0.25) is 0 Å². The smallest absolute Gasteiger partial charge is 0.0992 e. The molecule has 1 aliphatic heterocycles. The molecule has 2 N–H and O–H groups in total. The molecule has 2 heterocycles. The molecule has 3 aromatic rings. The summed E-state index contributed by atoms with van der Waals surface area (Å²) >= 11 is 0. The number of benzene rings is 2. The molecule has 4 nitrogen and oxygen atoms in total. The molecule has 33 heavy (non-hydrogen) atoms. The van der Waals surface area contributed by atoms with Crippen LogP contribution in [0.4, 0.5) is 0 Å². The molecular weight excluding hydrogens is 404 g/mol. The van der Waals surface area contributed by atoms with Crippen LogP contribution < -0.4 is 5.32 Å². The van der Waals surface area contributed by atoms with Crippen LogP contribution in [0.3, 0.4) is 0 Å². The first kappa shape index (κ1) is 21.4. The molecule has 168 valence electrons. The Morgan fingerprint density at radius 2 is 1.97 bits per heavy atom. The summed E-state index contributed by atoms with van der Waals surface area (Å²) in [6.45, 7) is 18.4. The summed E-state index contributed by atoms with van der Waals surface area (Å²) in [5, 5.41) is 13.8. The Morgan fingerprint density at radius 1 is 1.21 bits per heavy atom. The fraction of sp³-hybridized carbons (Fsp3) is 0.345. The third-order valence-electron chi connectivity index (χ3n) is 7.63. The number of rotatable bonds is 4. The highest BCUT2D eigenvalue weighted by atomic mass is 15.2. The van der Waals surface area contributed by atoms with E-state index >= 15 is 0 Å². The van der Waals surface area contributed by atoms with Crippen LogP contribution in [-0.4, -0.2) is 29.5 Å². The number of nitriles is 1. The molecule has 0 atom stereocenters. The number of nitrogens with one attached hydrogen (secondary N) is 2. The summed E-state index contributed by atoms with van der Waals surface area (Å²) in [5.74, 6) is 1.61. The summed E-state index contributed by atoms with van der Waals surface area (Å²) in [4.78, 5) is 6.02. The number of fused-ring (bicyclic) bond motifs is 4. The van der Waals surface area contributed by atoms with E-state index in [1.165, 1.54) is 27.9 Å². The van der Waals surface area contributed by atoms with Gasteiger partial charge in [-0.2, -0.15) is 5.26 Å². The van der Waals surface area contributed by atoms with E-state index < -0.39 is 0 Å². The van der Waals surface area contributed by atoms with E-state index in [9.17, 15) is 5.26 Å². The zero-order valence-electron chi connectivity index (χ0n) is 19.9. The number of hydrogen-bond acceptors (Lipinski definition) is 3. The molecule has 1 fully saturated rings. The van der Waals surface area contributed by atoms with Gasteiger partial charge in [-0.15, -0.1) is 0 Å². The summed E-state index contributed by atoms with van der Waals surface area (Å²) in [6.07, 6.45) is 2.28. The lowest BCUT2D eigenvalue weighted by Gasteiger charge is -2.37. The highest BCUT2D eigenvalue weighted by Gasteiger charge is 2.37. The van der Waals surface area contributed by atoms with E-state index in [2.05, 4.69) is 79.5 Å². The number of hydrogen-bond donors (Lipinski definition) is 2. The monoisotopic (exact) mass is 436 g/mol. The lowest BCUT2D eigenvalue weighted by molar-refractivity contribution is 0.250. The minimum atomic E-state index is -0.173. The van der Waals surface area contributed by atoms with Crippen molar-refractivity contribution in [3.8, 4) is 6.07 Å². The molecule has 4 heteroatoms. The van der Waals surface area contributed by atoms with E-state index in [-0.39, 0.29) is 5.41 Å². The number of aromatic nitrogens is 1. The van der Waals surface area contributed by atoms with Crippen LogP contribution in [0, 0.1) is 11.3 Å². The Hall–Kier alpha value is -3.45. The van der Waals surface area contributed by atoms with Crippen LogP contribution in [0.1, 0.15) is 73.0 Å². The van der Waals surface area contributed by atoms with Crippen molar-refractivity contribution in [2.45, 2.75) is 44.9 Å². The Balaban J connectivity index is 1.49. The normalized spacial score (nSPS) is 17.4. The van der Waals surface area contributed by atoms with Crippen molar-refractivity contribution in [3.05, 3.63) is 88.9 Å². The SMILES string of the molecule is C=C1c2ccc(C3CCN(C(=C)NCC)CC3)cc2C(C)(C)c2[nH]c3cc(C#N)ccc3c21. The fourth-order valence-corrected chi connectivity index (χ4v) is 5.71. The minimum absolute atomic E-state index is 0.173.